The quantitative estimate of drug-likeness (QED) is 0.643. The van der Waals surface area contributed by atoms with Crippen LogP contribution >= 0.6 is 22.6 Å². The van der Waals surface area contributed by atoms with Gasteiger partial charge < -0.3 is 10.2 Å². The summed E-state index contributed by atoms with van der Waals surface area (Å²) in [6.45, 7) is 2.32. The van der Waals surface area contributed by atoms with Crippen molar-refractivity contribution < 1.29 is 10.2 Å². The van der Waals surface area contributed by atoms with Gasteiger partial charge in [-0.1, -0.05) is 6.92 Å². The third-order valence-corrected chi connectivity index (χ3v) is 7.60. The van der Waals surface area contributed by atoms with Gasteiger partial charge in [-0.3, -0.25) is 0 Å². The van der Waals surface area contributed by atoms with Crippen molar-refractivity contribution in [2.45, 2.75) is 57.5 Å². The van der Waals surface area contributed by atoms with E-state index in [2.05, 4.69) is 29.5 Å². The fourth-order valence-corrected chi connectivity index (χ4v) is 6.69. The molecule has 3 heteroatoms. The predicted molar refractivity (Wildman–Crippen MR) is 91.4 cm³/mol. The Hall–Kier alpha value is -0.290. The largest absolute Gasteiger partial charge is 0.508 e. The Balaban J connectivity index is 1.75. The number of aliphatic hydroxyl groups excluding tert-OH is 1. The normalized spacial score (nSPS) is 41.3. The first-order valence-corrected chi connectivity index (χ1v) is 9.28. The van der Waals surface area contributed by atoms with Gasteiger partial charge in [-0.15, -0.1) is 0 Å². The Kier molecular flexibility index (Phi) is 3.31. The average Bonchev–Trinajstić information content (AvgIpc) is 2.74. The molecule has 114 valence electrons. The summed E-state index contributed by atoms with van der Waals surface area (Å²) in [5, 5.41) is 20.3. The number of aryl methyl sites for hydroxylation is 1. The van der Waals surface area contributed by atoms with Crippen molar-refractivity contribution in [1.29, 1.82) is 0 Å². The molecule has 0 saturated heterocycles. The lowest BCUT2D eigenvalue weighted by molar-refractivity contribution is -0.0227. The first-order valence-electron chi connectivity index (χ1n) is 8.20. The standard InChI is InChI=1S/C18H23IO2/c1-18-7-6-13-12(14(18)4-5-16(18)21)3-2-10-8-11(20)9-15(19)17(10)13/h8-9,12-14,16,20-21H,2-7H2,1H3/t12-,13-,14-,16-,18-/m0/s1. The number of aromatic hydroxyl groups is 1. The second-order valence-corrected chi connectivity index (χ2v) is 8.72. The predicted octanol–water partition coefficient (Wildman–Crippen LogP) is 4.21. The van der Waals surface area contributed by atoms with Gasteiger partial charge in [0, 0.05) is 3.57 Å². The van der Waals surface area contributed by atoms with Gasteiger partial charge in [-0.05, 0) is 108 Å². The molecule has 0 heterocycles. The van der Waals surface area contributed by atoms with Crippen molar-refractivity contribution in [3.63, 3.8) is 0 Å². The lowest BCUT2D eigenvalue weighted by Gasteiger charge is -2.50. The van der Waals surface area contributed by atoms with Crippen molar-refractivity contribution in [1.82, 2.24) is 0 Å². The van der Waals surface area contributed by atoms with Crippen LogP contribution in [0.15, 0.2) is 12.1 Å². The van der Waals surface area contributed by atoms with Crippen LogP contribution in [0.3, 0.4) is 0 Å². The fraction of sp³-hybridized carbons (Fsp3) is 0.667. The summed E-state index contributed by atoms with van der Waals surface area (Å²) in [6, 6.07) is 3.89. The molecule has 0 aliphatic heterocycles. The molecule has 2 nitrogen and oxygen atoms in total. The maximum atomic E-state index is 10.4. The van der Waals surface area contributed by atoms with Crippen LogP contribution in [0.1, 0.15) is 56.1 Å². The second-order valence-electron chi connectivity index (χ2n) is 7.55. The van der Waals surface area contributed by atoms with Gasteiger partial charge in [0.15, 0.2) is 0 Å². The van der Waals surface area contributed by atoms with Gasteiger partial charge in [0.2, 0.25) is 0 Å². The number of phenolic OH excluding ortho intramolecular Hbond substituents is 1. The summed E-state index contributed by atoms with van der Waals surface area (Å²) in [7, 11) is 0. The highest BCUT2D eigenvalue weighted by Gasteiger charge is 2.54. The molecule has 0 unspecified atom stereocenters. The highest BCUT2D eigenvalue weighted by molar-refractivity contribution is 14.1. The molecule has 3 aliphatic rings. The number of rotatable bonds is 0. The van der Waals surface area contributed by atoms with Crippen LogP contribution in [-0.2, 0) is 6.42 Å². The molecule has 0 spiro atoms. The van der Waals surface area contributed by atoms with Crippen LogP contribution in [0.2, 0.25) is 0 Å². The highest BCUT2D eigenvalue weighted by atomic mass is 127. The van der Waals surface area contributed by atoms with Crippen molar-refractivity contribution in [3.8, 4) is 5.75 Å². The van der Waals surface area contributed by atoms with Gasteiger partial charge >= 0.3 is 0 Å². The average molecular weight is 398 g/mol. The summed E-state index contributed by atoms with van der Waals surface area (Å²) in [5.41, 5.74) is 3.02. The van der Waals surface area contributed by atoms with Crippen LogP contribution < -0.4 is 0 Å². The van der Waals surface area contributed by atoms with E-state index in [1.165, 1.54) is 34.0 Å². The summed E-state index contributed by atoms with van der Waals surface area (Å²) in [4.78, 5) is 0. The third-order valence-electron chi connectivity index (χ3n) is 6.70. The number of fused-ring (bicyclic) bond motifs is 5. The van der Waals surface area contributed by atoms with E-state index in [0.29, 0.717) is 17.6 Å². The lowest BCUT2D eigenvalue weighted by Crippen LogP contribution is -2.44. The molecule has 0 radical (unpaired) electrons. The van der Waals surface area contributed by atoms with E-state index in [1.807, 2.05) is 12.1 Å². The third kappa shape index (κ3) is 1.99. The van der Waals surface area contributed by atoms with Crippen molar-refractivity contribution >= 4 is 22.6 Å². The molecule has 1 aromatic rings. The molecule has 4 rings (SSSR count). The van der Waals surface area contributed by atoms with E-state index in [1.54, 1.807) is 0 Å². The van der Waals surface area contributed by atoms with Crippen molar-refractivity contribution in [2.75, 3.05) is 0 Å². The Morgan fingerprint density at radius 1 is 1.19 bits per heavy atom. The Labute approximate surface area is 140 Å². The van der Waals surface area contributed by atoms with Crippen LogP contribution in [0.5, 0.6) is 5.75 Å². The molecular weight excluding hydrogens is 375 g/mol. The number of benzene rings is 1. The molecule has 2 N–H and O–H groups in total. The molecule has 0 aromatic heterocycles. The first-order chi connectivity index (χ1) is 10.0. The molecule has 2 fully saturated rings. The highest BCUT2D eigenvalue weighted by Crippen LogP contribution is 2.61. The van der Waals surface area contributed by atoms with Gasteiger partial charge in [-0.2, -0.15) is 0 Å². The maximum absolute atomic E-state index is 10.4. The van der Waals surface area contributed by atoms with Crippen LogP contribution in [0.25, 0.3) is 0 Å². The van der Waals surface area contributed by atoms with Crippen molar-refractivity contribution in [2.24, 2.45) is 17.3 Å². The van der Waals surface area contributed by atoms with E-state index in [0.717, 1.165) is 25.2 Å². The van der Waals surface area contributed by atoms with Crippen LogP contribution in [0.4, 0.5) is 0 Å². The van der Waals surface area contributed by atoms with E-state index in [4.69, 9.17) is 0 Å². The lowest BCUT2D eigenvalue weighted by atomic mass is 9.55. The van der Waals surface area contributed by atoms with Crippen LogP contribution in [0, 0.1) is 20.8 Å². The Bertz CT molecular complexity index is 585. The maximum Gasteiger partial charge on any atom is 0.116 e. The van der Waals surface area contributed by atoms with Gasteiger partial charge in [0.1, 0.15) is 5.75 Å². The smallest absolute Gasteiger partial charge is 0.116 e. The monoisotopic (exact) mass is 398 g/mol. The zero-order chi connectivity index (χ0) is 14.8. The summed E-state index contributed by atoms with van der Waals surface area (Å²) in [6.07, 6.45) is 6.75. The molecule has 5 atom stereocenters. The van der Waals surface area contributed by atoms with Gasteiger partial charge in [0.25, 0.3) is 0 Å². The van der Waals surface area contributed by atoms with Crippen LogP contribution in [-0.4, -0.2) is 16.3 Å². The van der Waals surface area contributed by atoms with Gasteiger partial charge in [-0.25, -0.2) is 0 Å². The number of hydrogen-bond acceptors (Lipinski definition) is 2. The zero-order valence-electron chi connectivity index (χ0n) is 12.5. The minimum absolute atomic E-state index is 0.0938. The molecule has 2 saturated carbocycles. The summed E-state index contributed by atoms with van der Waals surface area (Å²) < 4.78 is 1.24. The molecule has 0 bridgehead atoms. The molecular formula is C18H23IO2. The number of hydrogen-bond donors (Lipinski definition) is 2. The Morgan fingerprint density at radius 2 is 2.00 bits per heavy atom. The number of aliphatic hydroxyl groups is 1. The molecule has 21 heavy (non-hydrogen) atoms. The second kappa shape index (κ2) is 4.85. The topological polar surface area (TPSA) is 40.5 Å². The van der Waals surface area contributed by atoms with E-state index < -0.39 is 0 Å². The minimum Gasteiger partial charge on any atom is -0.508 e. The first kappa shape index (κ1) is 14.3. The molecule has 0 amide bonds. The van der Waals surface area contributed by atoms with E-state index in [9.17, 15) is 10.2 Å². The Morgan fingerprint density at radius 3 is 2.81 bits per heavy atom. The van der Waals surface area contributed by atoms with E-state index in [-0.39, 0.29) is 11.5 Å². The van der Waals surface area contributed by atoms with Crippen molar-refractivity contribution in [3.05, 3.63) is 26.8 Å². The molecule has 1 aromatic carbocycles. The van der Waals surface area contributed by atoms with Gasteiger partial charge in [0.05, 0.1) is 6.10 Å². The molecule has 3 aliphatic carbocycles. The summed E-state index contributed by atoms with van der Waals surface area (Å²) >= 11 is 2.40. The fourth-order valence-electron chi connectivity index (χ4n) is 5.62. The SMILES string of the molecule is C[C@]12CC[C@@H]3c4c(I)cc(O)cc4CC[C@@H]3[C@@H]1CC[C@@H]2O. The minimum atomic E-state index is -0.0938. The van der Waals surface area contributed by atoms with E-state index >= 15 is 0 Å². The number of phenols is 1. The zero-order valence-corrected chi connectivity index (χ0v) is 14.6. The number of halogens is 1. The summed E-state index contributed by atoms with van der Waals surface area (Å²) in [5.74, 6) is 2.47.